The average Bonchev–Trinajstić information content (AvgIpc) is 2.45. The van der Waals surface area contributed by atoms with Gasteiger partial charge in [-0.2, -0.15) is 30.6 Å². The lowest BCUT2D eigenvalue weighted by Gasteiger charge is -2.38. The van der Waals surface area contributed by atoms with Gasteiger partial charge in [-0.15, -0.1) is 0 Å². The fraction of sp³-hybridized carbons (Fsp3) is 0.538. The van der Waals surface area contributed by atoms with E-state index in [1.54, 1.807) is 0 Å². The molecule has 0 amide bonds. The summed E-state index contributed by atoms with van der Waals surface area (Å²) in [7, 11) is -4.49. The molecule has 0 radical (unpaired) electrons. The average molecular weight is 396 g/mol. The Morgan fingerprint density at radius 1 is 0.917 bits per heavy atom. The Kier molecular flexibility index (Phi) is 5.14. The molecular weight excluding hydrogens is 384 g/mol. The van der Waals surface area contributed by atoms with Crippen LogP contribution in [0.15, 0.2) is 29.2 Å². The number of halogens is 7. The highest BCUT2D eigenvalue weighted by Gasteiger charge is 2.53. The number of alkyl halides is 6. The standard InChI is InChI=1S/C13H12ClF6NO2S/c14-10-1-3-11(4-2-10)24(22,23)21-6-8(12(15,16)17)5-9(7-21)13(18,19)20/h1-4,8-9H,5-7H2/t8-,9-/m1/s1. The van der Waals surface area contributed by atoms with Gasteiger partial charge in [0.25, 0.3) is 0 Å². The maximum atomic E-state index is 12.9. The third-order valence-corrected chi connectivity index (χ3v) is 5.89. The smallest absolute Gasteiger partial charge is 0.207 e. The van der Waals surface area contributed by atoms with Gasteiger partial charge in [-0.25, -0.2) is 8.42 Å². The van der Waals surface area contributed by atoms with Crippen LogP contribution in [0.2, 0.25) is 5.02 Å². The predicted molar refractivity (Wildman–Crippen MR) is 73.9 cm³/mol. The van der Waals surface area contributed by atoms with Gasteiger partial charge in [0.2, 0.25) is 10.0 Å². The first-order valence-electron chi connectivity index (χ1n) is 6.71. The van der Waals surface area contributed by atoms with Crippen LogP contribution in [0.5, 0.6) is 0 Å². The van der Waals surface area contributed by atoms with Crippen molar-refractivity contribution in [3.63, 3.8) is 0 Å². The second kappa shape index (κ2) is 6.38. The first-order valence-corrected chi connectivity index (χ1v) is 8.53. The molecule has 1 aromatic rings. The van der Waals surface area contributed by atoms with Crippen LogP contribution >= 0.6 is 11.6 Å². The van der Waals surface area contributed by atoms with E-state index >= 15 is 0 Å². The first-order chi connectivity index (χ1) is 10.8. The van der Waals surface area contributed by atoms with Crippen LogP contribution in [-0.4, -0.2) is 38.2 Å². The maximum Gasteiger partial charge on any atom is 0.393 e. The molecule has 1 aromatic carbocycles. The summed E-state index contributed by atoms with van der Waals surface area (Å²) in [5.74, 6) is -4.75. The molecule has 0 aromatic heterocycles. The minimum atomic E-state index is -4.92. The predicted octanol–water partition coefficient (Wildman–Crippen LogP) is 4.09. The third-order valence-electron chi connectivity index (χ3n) is 3.79. The maximum absolute atomic E-state index is 12.9. The van der Waals surface area contributed by atoms with E-state index in [1.807, 2.05) is 0 Å². The van der Waals surface area contributed by atoms with Crippen molar-refractivity contribution >= 4 is 21.6 Å². The number of hydrogen-bond acceptors (Lipinski definition) is 2. The third kappa shape index (κ3) is 4.15. The van der Waals surface area contributed by atoms with Crippen molar-refractivity contribution in [2.45, 2.75) is 23.7 Å². The summed E-state index contributed by atoms with van der Waals surface area (Å²) in [6.45, 7) is -2.08. The lowest BCUT2D eigenvalue weighted by Crippen LogP contribution is -2.51. The first kappa shape index (κ1) is 19.3. The quantitative estimate of drug-likeness (QED) is 0.707. The zero-order chi connectivity index (χ0) is 18.3. The van der Waals surface area contributed by atoms with Crippen LogP contribution in [0, 0.1) is 11.8 Å². The summed E-state index contributed by atoms with van der Waals surface area (Å²) < 4.78 is 103. The summed E-state index contributed by atoms with van der Waals surface area (Å²) in [6.07, 6.45) is -11.0. The van der Waals surface area contributed by atoms with Crippen molar-refractivity contribution in [1.29, 1.82) is 0 Å². The molecule has 0 aliphatic carbocycles. The topological polar surface area (TPSA) is 37.4 Å². The molecule has 136 valence electrons. The van der Waals surface area contributed by atoms with Gasteiger partial charge in [0.15, 0.2) is 0 Å². The van der Waals surface area contributed by atoms with E-state index in [-0.39, 0.29) is 9.33 Å². The fourth-order valence-electron chi connectivity index (χ4n) is 2.48. The molecule has 3 nitrogen and oxygen atoms in total. The van der Waals surface area contributed by atoms with E-state index < -0.39 is 58.6 Å². The van der Waals surface area contributed by atoms with Crippen LogP contribution < -0.4 is 0 Å². The van der Waals surface area contributed by atoms with E-state index in [9.17, 15) is 34.8 Å². The minimum absolute atomic E-state index is 0.189. The van der Waals surface area contributed by atoms with Gasteiger partial charge in [0, 0.05) is 18.1 Å². The lowest BCUT2D eigenvalue weighted by molar-refractivity contribution is -0.224. The van der Waals surface area contributed by atoms with Gasteiger partial charge in [0.1, 0.15) is 0 Å². The highest BCUT2D eigenvalue weighted by Crippen LogP contribution is 2.42. The van der Waals surface area contributed by atoms with Crippen molar-refractivity contribution in [3.05, 3.63) is 29.3 Å². The van der Waals surface area contributed by atoms with Crippen molar-refractivity contribution in [3.8, 4) is 0 Å². The molecule has 11 heteroatoms. The van der Waals surface area contributed by atoms with Crippen LogP contribution in [-0.2, 0) is 10.0 Å². The van der Waals surface area contributed by atoms with Crippen LogP contribution in [0.4, 0.5) is 26.3 Å². The summed E-state index contributed by atoms with van der Waals surface area (Å²) in [5.41, 5.74) is 0. The highest BCUT2D eigenvalue weighted by molar-refractivity contribution is 7.89. The Labute approximate surface area is 139 Å². The number of piperidine rings is 1. The van der Waals surface area contributed by atoms with E-state index in [2.05, 4.69) is 0 Å². The van der Waals surface area contributed by atoms with E-state index in [0.717, 1.165) is 12.1 Å². The second-order valence-corrected chi connectivity index (χ2v) is 7.86. The Hall–Kier alpha value is -1.00. The zero-order valence-corrected chi connectivity index (χ0v) is 13.5. The zero-order valence-electron chi connectivity index (χ0n) is 11.9. The van der Waals surface area contributed by atoms with Crippen LogP contribution in [0.3, 0.4) is 0 Å². The summed E-state index contributed by atoms with van der Waals surface area (Å²) in [6, 6.07) is 4.47. The molecule has 1 heterocycles. The van der Waals surface area contributed by atoms with Gasteiger partial charge in [0.05, 0.1) is 16.7 Å². The fourth-order valence-corrected chi connectivity index (χ4v) is 4.14. The highest BCUT2D eigenvalue weighted by atomic mass is 35.5. The SMILES string of the molecule is O=S(=O)(c1ccc(Cl)cc1)N1C[C@H](C(F)(F)F)C[C@@H](C(F)(F)F)C1. The molecule has 2 atom stereocenters. The van der Waals surface area contributed by atoms with Crippen LogP contribution in [0.25, 0.3) is 0 Å². The van der Waals surface area contributed by atoms with Crippen molar-refractivity contribution in [2.24, 2.45) is 11.8 Å². The van der Waals surface area contributed by atoms with Crippen molar-refractivity contribution in [2.75, 3.05) is 13.1 Å². The summed E-state index contributed by atoms with van der Waals surface area (Å²) in [4.78, 5) is -0.407. The molecular formula is C13H12ClF6NO2S. The normalized spacial score (nSPS) is 24.1. The van der Waals surface area contributed by atoms with Gasteiger partial charge in [-0.3, -0.25) is 0 Å². The Bertz CT molecular complexity index is 664. The van der Waals surface area contributed by atoms with E-state index in [0.29, 0.717) is 0 Å². The Morgan fingerprint density at radius 2 is 1.33 bits per heavy atom. The minimum Gasteiger partial charge on any atom is -0.207 e. The Balaban J connectivity index is 2.38. The van der Waals surface area contributed by atoms with Gasteiger partial charge >= 0.3 is 12.4 Å². The molecule has 0 unspecified atom stereocenters. The number of rotatable bonds is 2. The van der Waals surface area contributed by atoms with Crippen LogP contribution in [0.1, 0.15) is 6.42 Å². The molecule has 2 rings (SSSR count). The molecule has 1 aliphatic rings. The molecule has 1 fully saturated rings. The number of benzene rings is 1. The summed E-state index contributed by atoms with van der Waals surface area (Å²) in [5, 5.41) is 0.189. The molecule has 1 aliphatic heterocycles. The molecule has 0 bridgehead atoms. The molecule has 24 heavy (non-hydrogen) atoms. The second-order valence-electron chi connectivity index (χ2n) is 5.49. The molecule has 0 N–H and O–H groups in total. The number of hydrogen-bond donors (Lipinski definition) is 0. The number of sulfonamides is 1. The largest absolute Gasteiger partial charge is 0.393 e. The Morgan fingerprint density at radius 3 is 1.71 bits per heavy atom. The van der Waals surface area contributed by atoms with E-state index in [1.165, 1.54) is 12.1 Å². The van der Waals surface area contributed by atoms with E-state index in [4.69, 9.17) is 11.6 Å². The number of nitrogens with zero attached hydrogens (tertiary/aromatic N) is 1. The monoisotopic (exact) mass is 395 g/mol. The molecule has 0 spiro atoms. The molecule has 1 saturated heterocycles. The van der Waals surface area contributed by atoms with Gasteiger partial charge in [-0.05, 0) is 30.7 Å². The summed E-state index contributed by atoms with van der Waals surface area (Å²) >= 11 is 5.61. The van der Waals surface area contributed by atoms with Crippen molar-refractivity contribution in [1.82, 2.24) is 4.31 Å². The van der Waals surface area contributed by atoms with Gasteiger partial charge in [-0.1, -0.05) is 11.6 Å². The lowest BCUT2D eigenvalue weighted by atomic mass is 9.89. The molecule has 0 saturated carbocycles. The van der Waals surface area contributed by atoms with Crippen molar-refractivity contribution < 1.29 is 34.8 Å². The van der Waals surface area contributed by atoms with Gasteiger partial charge < -0.3 is 0 Å².